The summed E-state index contributed by atoms with van der Waals surface area (Å²) in [5.41, 5.74) is 0. The van der Waals surface area contributed by atoms with E-state index >= 15 is 0 Å². The van der Waals surface area contributed by atoms with Crippen molar-refractivity contribution < 1.29 is 13.8 Å². The zero-order valence-electron chi connectivity index (χ0n) is 21.0. The fraction of sp³-hybridized carbons (Fsp3) is 0.880. The third kappa shape index (κ3) is 11.5. The van der Waals surface area contributed by atoms with Gasteiger partial charge < -0.3 is 13.8 Å². The molecule has 0 bridgehead atoms. The van der Waals surface area contributed by atoms with E-state index in [-0.39, 0.29) is 0 Å². The molecule has 0 aliphatic heterocycles. The Kier molecular flexibility index (Phi) is 15.5. The van der Waals surface area contributed by atoms with Crippen LogP contribution in [-0.4, -0.2) is 54.7 Å². The molecule has 0 heterocycles. The monoisotopic (exact) mass is 514 g/mol. The number of nitriles is 1. The second kappa shape index (κ2) is 17.4. The summed E-state index contributed by atoms with van der Waals surface area (Å²) in [5, 5.41) is 8.80. The predicted octanol–water partition coefficient (Wildman–Crippen LogP) is 6.90. The highest BCUT2D eigenvalue weighted by atomic mass is 33.1. The van der Waals surface area contributed by atoms with Crippen molar-refractivity contribution in [2.75, 3.05) is 37.9 Å². The Morgan fingerprint density at radius 2 is 1.52 bits per heavy atom. The summed E-state index contributed by atoms with van der Waals surface area (Å²) in [4.78, 5) is 0. The number of rotatable bonds is 18. The highest BCUT2D eigenvalue weighted by molar-refractivity contribution is 8.76. The smallest absolute Gasteiger partial charge is 0.259 e. The number of hydrogen-bond acceptors (Lipinski definition) is 7. The SMILES string of the molecule is CC(C)N(C(C)C)P(OCCC#N)OCCCSSCCCOC[C@@H]1[C@@H]2CCC#CCC[C@@H]21. The largest absolute Gasteiger partial charge is 0.381 e. The van der Waals surface area contributed by atoms with Gasteiger partial charge in [-0.2, -0.15) is 5.26 Å². The summed E-state index contributed by atoms with van der Waals surface area (Å²) in [5.74, 6) is 11.3. The van der Waals surface area contributed by atoms with Crippen LogP contribution in [0.4, 0.5) is 0 Å². The minimum Gasteiger partial charge on any atom is -0.381 e. The summed E-state index contributed by atoms with van der Waals surface area (Å²) in [6.07, 6.45) is 7.26. The van der Waals surface area contributed by atoms with Gasteiger partial charge in [0.1, 0.15) is 0 Å². The van der Waals surface area contributed by atoms with Gasteiger partial charge >= 0.3 is 0 Å². The first kappa shape index (κ1) is 29.3. The maximum atomic E-state index is 8.80. The zero-order chi connectivity index (χ0) is 23.9. The van der Waals surface area contributed by atoms with Crippen LogP contribution in [0.5, 0.6) is 0 Å². The quantitative estimate of drug-likeness (QED) is 0.0853. The Morgan fingerprint density at radius 1 is 0.939 bits per heavy atom. The summed E-state index contributed by atoms with van der Waals surface area (Å²) < 4.78 is 20.3. The van der Waals surface area contributed by atoms with E-state index in [0.29, 0.717) is 31.7 Å². The van der Waals surface area contributed by atoms with Gasteiger partial charge in [0, 0.05) is 49.6 Å². The Morgan fingerprint density at radius 3 is 2.09 bits per heavy atom. The third-order valence-electron chi connectivity index (χ3n) is 5.99. The van der Waals surface area contributed by atoms with Crippen LogP contribution in [0.25, 0.3) is 0 Å². The second-order valence-corrected chi connectivity index (χ2v) is 13.4. The van der Waals surface area contributed by atoms with Crippen LogP contribution in [0, 0.1) is 40.9 Å². The Labute approximate surface area is 211 Å². The molecule has 0 aromatic rings. The van der Waals surface area contributed by atoms with Crippen molar-refractivity contribution in [1.82, 2.24) is 4.67 Å². The molecule has 4 atom stereocenters. The predicted molar refractivity (Wildman–Crippen MR) is 143 cm³/mol. The Bertz CT molecular complexity index is 609. The van der Waals surface area contributed by atoms with Gasteiger partial charge in [0.05, 0.1) is 25.7 Å². The van der Waals surface area contributed by atoms with Crippen molar-refractivity contribution >= 4 is 30.1 Å². The standard InChI is InChI=1S/C25H43N2O3PS2/c1-21(2)27(22(3)4)31(29-16-9-14-26)30-17-11-19-33-32-18-10-15-28-20-25-23-12-7-5-6-8-13-24(23)25/h21-25H,7-13,15-20H2,1-4H3/t23-,24+,25-,31?. The number of fused-ring (bicyclic) bond motifs is 1. The van der Waals surface area contributed by atoms with Gasteiger partial charge in [0.2, 0.25) is 0 Å². The second-order valence-electron chi connectivity index (χ2n) is 9.23. The lowest BCUT2D eigenvalue weighted by atomic mass is 10.1. The maximum Gasteiger partial charge on any atom is 0.259 e. The lowest BCUT2D eigenvalue weighted by molar-refractivity contribution is 0.119. The molecule has 0 aromatic carbocycles. The normalized spacial score (nSPS) is 22.9. The molecule has 2 aliphatic carbocycles. The highest BCUT2D eigenvalue weighted by Gasteiger charge is 2.48. The van der Waals surface area contributed by atoms with E-state index in [1.165, 1.54) is 12.8 Å². The molecule has 0 spiro atoms. The van der Waals surface area contributed by atoms with E-state index in [1.807, 2.05) is 21.6 Å². The molecule has 188 valence electrons. The van der Waals surface area contributed by atoms with Crippen molar-refractivity contribution in [1.29, 1.82) is 5.26 Å². The van der Waals surface area contributed by atoms with Gasteiger partial charge in [-0.3, -0.25) is 0 Å². The molecule has 0 N–H and O–H groups in total. The van der Waals surface area contributed by atoms with Crippen LogP contribution < -0.4 is 0 Å². The fourth-order valence-corrected chi connectivity index (χ4v) is 8.16. The van der Waals surface area contributed by atoms with Gasteiger partial charge in [-0.1, -0.05) is 21.6 Å². The molecule has 1 unspecified atom stereocenters. The molecular weight excluding hydrogens is 471 g/mol. The average molecular weight is 515 g/mol. The van der Waals surface area contributed by atoms with Crippen LogP contribution >= 0.6 is 30.1 Å². The van der Waals surface area contributed by atoms with E-state index < -0.39 is 8.53 Å². The molecule has 33 heavy (non-hydrogen) atoms. The number of hydrogen-bond donors (Lipinski definition) is 0. The molecule has 1 saturated carbocycles. The zero-order valence-corrected chi connectivity index (χ0v) is 23.5. The summed E-state index contributed by atoms with van der Waals surface area (Å²) in [6.45, 7) is 11.6. The van der Waals surface area contributed by atoms with Gasteiger partial charge in [-0.15, -0.1) is 11.8 Å². The first-order chi connectivity index (χ1) is 16.1. The van der Waals surface area contributed by atoms with E-state index in [0.717, 1.165) is 68.2 Å². The van der Waals surface area contributed by atoms with E-state index in [4.69, 9.17) is 19.0 Å². The first-order valence-electron chi connectivity index (χ1n) is 12.5. The van der Waals surface area contributed by atoms with Crippen LogP contribution in [0.15, 0.2) is 0 Å². The summed E-state index contributed by atoms with van der Waals surface area (Å²) in [6, 6.07) is 2.83. The van der Waals surface area contributed by atoms with Gasteiger partial charge in [-0.25, -0.2) is 4.67 Å². The molecule has 0 amide bonds. The van der Waals surface area contributed by atoms with E-state index in [2.05, 4.69) is 50.3 Å². The lowest BCUT2D eigenvalue weighted by Gasteiger charge is -2.35. The van der Waals surface area contributed by atoms with E-state index in [9.17, 15) is 0 Å². The molecule has 0 radical (unpaired) electrons. The van der Waals surface area contributed by atoms with Crippen molar-refractivity contribution in [2.45, 2.75) is 84.7 Å². The van der Waals surface area contributed by atoms with Gasteiger partial charge in [-0.05, 0) is 71.1 Å². The average Bonchev–Trinajstić information content (AvgIpc) is 3.40. The summed E-state index contributed by atoms with van der Waals surface area (Å²) >= 11 is 0. The molecule has 5 nitrogen and oxygen atoms in total. The topological polar surface area (TPSA) is 54.7 Å². The number of ether oxygens (including phenoxy) is 1. The minimum absolute atomic E-state index is 0.345. The van der Waals surface area contributed by atoms with Crippen molar-refractivity contribution in [3.63, 3.8) is 0 Å². The maximum absolute atomic E-state index is 8.80. The fourth-order valence-electron chi connectivity index (χ4n) is 4.41. The molecule has 2 aliphatic rings. The summed E-state index contributed by atoms with van der Waals surface area (Å²) in [7, 11) is 2.74. The van der Waals surface area contributed by atoms with Crippen LogP contribution in [0.1, 0.15) is 72.6 Å². The van der Waals surface area contributed by atoms with Gasteiger partial charge in [0.25, 0.3) is 8.53 Å². The molecule has 8 heteroatoms. The number of nitrogens with zero attached hydrogens (tertiary/aromatic N) is 2. The van der Waals surface area contributed by atoms with Crippen molar-refractivity contribution in [2.24, 2.45) is 17.8 Å². The molecular formula is C25H43N2O3PS2. The molecule has 2 rings (SSSR count). The minimum atomic E-state index is -1.12. The Balaban J connectivity index is 1.46. The molecule has 0 aromatic heterocycles. The molecule has 1 fully saturated rings. The lowest BCUT2D eigenvalue weighted by Crippen LogP contribution is -2.33. The van der Waals surface area contributed by atoms with Crippen LogP contribution in [0.2, 0.25) is 0 Å². The Hall–Kier alpha value is 0.0200. The first-order valence-corrected chi connectivity index (χ1v) is 16.2. The van der Waals surface area contributed by atoms with Gasteiger partial charge in [0.15, 0.2) is 0 Å². The van der Waals surface area contributed by atoms with Crippen LogP contribution in [0.3, 0.4) is 0 Å². The van der Waals surface area contributed by atoms with Crippen LogP contribution in [-0.2, 0) is 13.8 Å². The third-order valence-corrected chi connectivity index (χ3v) is 10.7. The highest BCUT2D eigenvalue weighted by Crippen LogP contribution is 2.52. The van der Waals surface area contributed by atoms with E-state index in [1.54, 1.807) is 0 Å². The van der Waals surface area contributed by atoms with Crippen molar-refractivity contribution in [3.8, 4) is 17.9 Å². The molecule has 0 saturated heterocycles. The van der Waals surface area contributed by atoms with Crippen molar-refractivity contribution in [3.05, 3.63) is 0 Å².